The Balaban J connectivity index is 2.12. The molecule has 0 saturated heterocycles. The Morgan fingerprint density at radius 3 is 2.79 bits per heavy atom. The van der Waals surface area contributed by atoms with Gasteiger partial charge < -0.3 is 24.8 Å². The lowest BCUT2D eigenvalue weighted by Crippen LogP contribution is -2.38. The number of carbonyl (C=O) groups is 2. The van der Waals surface area contributed by atoms with Crippen LogP contribution in [0.3, 0.4) is 0 Å². The molecule has 10 heteroatoms. The number of nitrogens with one attached hydrogen (secondary N) is 1. The van der Waals surface area contributed by atoms with Crippen LogP contribution in [0.15, 0.2) is 23.0 Å². The minimum Gasteiger partial charge on any atom is -0.507 e. The molecule has 29 heavy (non-hydrogen) atoms. The zero-order chi connectivity index (χ0) is 21.1. The van der Waals surface area contributed by atoms with E-state index in [4.69, 9.17) is 15.1 Å². The van der Waals surface area contributed by atoms with Crippen LogP contribution in [0.1, 0.15) is 32.7 Å². The third-order valence-corrected chi connectivity index (χ3v) is 4.53. The van der Waals surface area contributed by atoms with Crippen molar-refractivity contribution in [3.8, 4) is 11.8 Å². The van der Waals surface area contributed by atoms with Gasteiger partial charge in [0.15, 0.2) is 0 Å². The van der Waals surface area contributed by atoms with Gasteiger partial charge in [-0.1, -0.05) is 6.07 Å². The molecule has 2 heterocycles. The number of rotatable bonds is 5. The van der Waals surface area contributed by atoms with Gasteiger partial charge in [0.1, 0.15) is 23.7 Å². The molecule has 0 bridgehead atoms. The van der Waals surface area contributed by atoms with Gasteiger partial charge in [-0.05, 0) is 12.1 Å². The molecule has 1 aliphatic heterocycles. The second-order valence-electron chi connectivity index (χ2n) is 6.34. The van der Waals surface area contributed by atoms with Crippen LogP contribution in [0.2, 0.25) is 0 Å². The number of aromatic nitrogens is 1. The SMILES string of the molecule is N#Cc1ccc(Cn2c3c(c(O)c(C(=O)NCC(=O)O)c2=O)CCOC3)c(F)c1. The van der Waals surface area contributed by atoms with Crippen LogP contribution < -0.4 is 10.9 Å². The van der Waals surface area contributed by atoms with Crippen molar-refractivity contribution in [3.05, 3.63) is 62.3 Å². The number of carboxylic acid groups (broad SMARTS) is 1. The summed E-state index contributed by atoms with van der Waals surface area (Å²) >= 11 is 0. The van der Waals surface area contributed by atoms with E-state index >= 15 is 0 Å². The summed E-state index contributed by atoms with van der Waals surface area (Å²) in [4.78, 5) is 36.0. The zero-order valence-corrected chi connectivity index (χ0v) is 15.1. The smallest absolute Gasteiger partial charge is 0.322 e. The van der Waals surface area contributed by atoms with E-state index in [-0.39, 0.29) is 37.3 Å². The maximum absolute atomic E-state index is 14.3. The average Bonchev–Trinajstić information content (AvgIpc) is 2.70. The van der Waals surface area contributed by atoms with E-state index in [1.54, 1.807) is 0 Å². The maximum atomic E-state index is 14.3. The van der Waals surface area contributed by atoms with Crippen molar-refractivity contribution in [2.24, 2.45) is 0 Å². The van der Waals surface area contributed by atoms with Gasteiger partial charge in [0, 0.05) is 17.5 Å². The molecule has 0 spiro atoms. The summed E-state index contributed by atoms with van der Waals surface area (Å²) in [5, 5.41) is 30.1. The Labute approximate surface area is 163 Å². The highest BCUT2D eigenvalue weighted by Crippen LogP contribution is 2.28. The summed E-state index contributed by atoms with van der Waals surface area (Å²) in [5.41, 5.74) is -0.688. The summed E-state index contributed by atoms with van der Waals surface area (Å²) in [7, 11) is 0. The minimum absolute atomic E-state index is 0.0208. The number of aliphatic carboxylic acids is 1. The van der Waals surface area contributed by atoms with Gasteiger partial charge in [0.25, 0.3) is 11.5 Å². The minimum atomic E-state index is -1.32. The van der Waals surface area contributed by atoms with Gasteiger partial charge in [-0.25, -0.2) is 4.39 Å². The molecule has 0 aliphatic carbocycles. The van der Waals surface area contributed by atoms with E-state index in [2.05, 4.69) is 5.32 Å². The number of hydrogen-bond acceptors (Lipinski definition) is 6. The quantitative estimate of drug-likeness (QED) is 0.662. The highest BCUT2D eigenvalue weighted by Gasteiger charge is 2.28. The number of carbonyl (C=O) groups excluding carboxylic acids is 1. The van der Waals surface area contributed by atoms with Crippen molar-refractivity contribution in [1.82, 2.24) is 9.88 Å². The van der Waals surface area contributed by atoms with Crippen LogP contribution in [0.4, 0.5) is 4.39 Å². The molecule has 0 unspecified atom stereocenters. The van der Waals surface area contributed by atoms with Gasteiger partial charge in [-0.15, -0.1) is 0 Å². The van der Waals surface area contributed by atoms with E-state index in [9.17, 15) is 23.9 Å². The average molecular weight is 401 g/mol. The Morgan fingerprint density at radius 1 is 1.38 bits per heavy atom. The lowest BCUT2D eigenvalue weighted by molar-refractivity contribution is -0.135. The normalized spacial score (nSPS) is 12.7. The van der Waals surface area contributed by atoms with Crippen LogP contribution in [0.5, 0.6) is 5.75 Å². The predicted molar refractivity (Wildman–Crippen MR) is 95.9 cm³/mol. The number of nitrogens with zero attached hydrogens (tertiary/aromatic N) is 2. The largest absolute Gasteiger partial charge is 0.507 e. The molecule has 0 saturated carbocycles. The summed E-state index contributed by atoms with van der Waals surface area (Å²) < 4.78 is 20.8. The standard InChI is InChI=1S/C19H16FN3O6/c20-13-5-10(6-21)1-2-11(13)8-23-14-9-29-4-3-12(14)17(26)16(19(23)28)18(27)22-7-15(24)25/h1-2,5,26H,3-4,7-9H2,(H,22,27)(H,24,25). The zero-order valence-electron chi connectivity index (χ0n) is 15.1. The summed E-state index contributed by atoms with van der Waals surface area (Å²) in [6.45, 7) is -0.767. The molecule has 3 rings (SSSR count). The van der Waals surface area contributed by atoms with E-state index in [1.807, 2.05) is 6.07 Å². The summed E-state index contributed by atoms with van der Waals surface area (Å²) in [6.07, 6.45) is 0.219. The Bertz CT molecular complexity index is 1100. The van der Waals surface area contributed by atoms with E-state index in [0.717, 1.165) is 10.6 Å². The van der Waals surface area contributed by atoms with Gasteiger partial charge in [-0.3, -0.25) is 14.4 Å². The molecule has 9 nitrogen and oxygen atoms in total. The van der Waals surface area contributed by atoms with Crippen LogP contribution in [0.25, 0.3) is 0 Å². The number of fused-ring (bicyclic) bond motifs is 1. The monoisotopic (exact) mass is 401 g/mol. The molecular weight excluding hydrogens is 385 g/mol. The number of benzene rings is 1. The fourth-order valence-corrected chi connectivity index (χ4v) is 3.11. The first-order chi connectivity index (χ1) is 13.8. The number of carboxylic acids is 1. The van der Waals surface area contributed by atoms with Crippen LogP contribution in [-0.4, -0.2) is 39.8 Å². The van der Waals surface area contributed by atoms with Crippen molar-refractivity contribution >= 4 is 11.9 Å². The van der Waals surface area contributed by atoms with Crippen molar-refractivity contribution in [2.75, 3.05) is 13.2 Å². The molecule has 1 aromatic carbocycles. The highest BCUT2D eigenvalue weighted by molar-refractivity contribution is 5.98. The third-order valence-electron chi connectivity index (χ3n) is 4.53. The number of pyridine rings is 1. The number of ether oxygens (including phenoxy) is 1. The fourth-order valence-electron chi connectivity index (χ4n) is 3.11. The Hall–Kier alpha value is -3.71. The fraction of sp³-hybridized carbons (Fsp3) is 0.263. The number of hydrogen-bond donors (Lipinski definition) is 3. The summed E-state index contributed by atoms with van der Waals surface area (Å²) in [5.74, 6) is -3.60. The maximum Gasteiger partial charge on any atom is 0.322 e. The molecule has 0 radical (unpaired) electrons. The molecule has 3 N–H and O–H groups in total. The van der Waals surface area contributed by atoms with Gasteiger partial charge in [-0.2, -0.15) is 5.26 Å². The van der Waals surface area contributed by atoms with E-state index in [0.29, 0.717) is 11.3 Å². The van der Waals surface area contributed by atoms with Crippen LogP contribution in [-0.2, 0) is 29.1 Å². The van der Waals surface area contributed by atoms with Gasteiger partial charge >= 0.3 is 5.97 Å². The number of amides is 1. The highest BCUT2D eigenvalue weighted by atomic mass is 19.1. The first-order valence-corrected chi connectivity index (χ1v) is 8.57. The third kappa shape index (κ3) is 3.95. The Morgan fingerprint density at radius 2 is 2.14 bits per heavy atom. The predicted octanol–water partition coefficient (Wildman–Crippen LogP) is 0.500. The molecule has 1 aliphatic rings. The Kier molecular flexibility index (Phi) is 5.61. The van der Waals surface area contributed by atoms with Crippen molar-refractivity contribution < 1.29 is 28.9 Å². The van der Waals surface area contributed by atoms with E-state index in [1.165, 1.54) is 12.1 Å². The molecular formula is C19H16FN3O6. The first-order valence-electron chi connectivity index (χ1n) is 8.57. The lowest BCUT2D eigenvalue weighted by Gasteiger charge is -2.24. The van der Waals surface area contributed by atoms with E-state index < -0.39 is 41.1 Å². The van der Waals surface area contributed by atoms with Crippen molar-refractivity contribution in [3.63, 3.8) is 0 Å². The molecule has 2 aromatic rings. The molecule has 0 atom stereocenters. The molecule has 0 fully saturated rings. The van der Waals surface area contributed by atoms with Crippen molar-refractivity contribution in [2.45, 2.75) is 19.6 Å². The molecule has 150 valence electrons. The molecule has 1 aromatic heterocycles. The molecule has 1 amide bonds. The number of halogens is 1. The lowest BCUT2D eigenvalue weighted by atomic mass is 10.0. The number of aromatic hydroxyl groups is 1. The topological polar surface area (TPSA) is 142 Å². The van der Waals surface area contributed by atoms with Crippen LogP contribution >= 0.6 is 0 Å². The second kappa shape index (κ2) is 8.12. The van der Waals surface area contributed by atoms with Gasteiger partial charge in [0.2, 0.25) is 0 Å². The van der Waals surface area contributed by atoms with Gasteiger partial charge in [0.05, 0.1) is 37.1 Å². The summed E-state index contributed by atoms with van der Waals surface area (Å²) in [6, 6.07) is 5.60. The van der Waals surface area contributed by atoms with Crippen molar-refractivity contribution in [1.29, 1.82) is 5.26 Å². The van der Waals surface area contributed by atoms with Crippen LogP contribution in [0, 0.1) is 17.1 Å². The second-order valence-corrected chi connectivity index (χ2v) is 6.34. The number of nitriles is 1. The first kappa shape index (κ1) is 20.0.